The van der Waals surface area contributed by atoms with E-state index in [0.717, 1.165) is 18.9 Å². The van der Waals surface area contributed by atoms with Gasteiger partial charge in [-0.1, -0.05) is 25.0 Å². The summed E-state index contributed by atoms with van der Waals surface area (Å²) < 4.78 is 5.23. The van der Waals surface area contributed by atoms with Crippen LogP contribution in [0.4, 0.5) is 11.5 Å². The second kappa shape index (κ2) is 7.77. The fraction of sp³-hybridized carbons (Fsp3) is 0.389. The third-order valence-corrected chi connectivity index (χ3v) is 4.16. The van der Waals surface area contributed by atoms with Gasteiger partial charge in [0.25, 0.3) is 5.91 Å². The van der Waals surface area contributed by atoms with Crippen molar-refractivity contribution >= 4 is 17.4 Å². The normalized spacial score (nSPS) is 14.8. The smallest absolute Gasteiger partial charge is 0.275 e. The first-order valence-corrected chi connectivity index (χ1v) is 8.29. The number of benzene rings is 1. The minimum atomic E-state index is -0.297. The van der Waals surface area contributed by atoms with Gasteiger partial charge in [-0.3, -0.25) is 4.79 Å². The molecule has 0 spiro atoms. The van der Waals surface area contributed by atoms with Crippen molar-refractivity contribution in [1.82, 2.24) is 9.97 Å². The van der Waals surface area contributed by atoms with Gasteiger partial charge in [0.15, 0.2) is 0 Å². The van der Waals surface area contributed by atoms with Crippen LogP contribution in [-0.4, -0.2) is 36.1 Å². The first kappa shape index (κ1) is 16.2. The third kappa shape index (κ3) is 3.82. The summed E-state index contributed by atoms with van der Waals surface area (Å²) in [6.45, 7) is 2.00. The predicted octanol–water partition coefficient (Wildman–Crippen LogP) is 3.12. The molecule has 1 aromatic heterocycles. The number of amides is 1. The van der Waals surface area contributed by atoms with Crippen LogP contribution in [0.3, 0.4) is 0 Å². The molecule has 3 rings (SSSR count). The second-order valence-corrected chi connectivity index (χ2v) is 5.82. The number of methoxy groups -OCH3 is 1. The molecule has 0 saturated carbocycles. The molecule has 1 saturated heterocycles. The Morgan fingerprint density at radius 1 is 1.08 bits per heavy atom. The zero-order chi connectivity index (χ0) is 16.8. The van der Waals surface area contributed by atoms with Crippen LogP contribution in [0.25, 0.3) is 0 Å². The molecule has 1 amide bonds. The minimum Gasteiger partial charge on any atom is -0.495 e. The molecule has 1 N–H and O–H groups in total. The van der Waals surface area contributed by atoms with E-state index >= 15 is 0 Å². The van der Waals surface area contributed by atoms with E-state index in [1.165, 1.54) is 31.9 Å². The van der Waals surface area contributed by atoms with Gasteiger partial charge in [-0.2, -0.15) is 0 Å². The van der Waals surface area contributed by atoms with Gasteiger partial charge in [0.1, 0.15) is 17.3 Å². The van der Waals surface area contributed by atoms with E-state index in [0.29, 0.717) is 17.1 Å². The van der Waals surface area contributed by atoms with Crippen LogP contribution in [-0.2, 0) is 0 Å². The lowest BCUT2D eigenvalue weighted by Gasteiger charge is -2.20. The summed E-state index contributed by atoms with van der Waals surface area (Å²) >= 11 is 0. The van der Waals surface area contributed by atoms with Crippen molar-refractivity contribution in [3.8, 4) is 5.75 Å². The first-order chi connectivity index (χ1) is 11.8. The minimum absolute atomic E-state index is 0.291. The lowest BCUT2D eigenvalue weighted by Crippen LogP contribution is -2.25. The van der Waals surface area contributed by atoms with Crippen molar-refractivity contribution in [1.29, 1.82) is 0 Å². The molecule has 6 heteroatoms. The number of hydrogen-bond donors (Lipinski definition) is 1. The largest absolute Gasteiger partial charge is 0.495 e. The fourth-order valence-corrected chi connectivity index (χ4v) is 2.84. The Hall–Kier alpha value is -2.63. The van der Waals surface area contributed by atoms with Crippen molar-refractivity contribution in [3.63, 3.8) is 0 Å². The van der Waals surface area contributed by atoms with E-state index in [2.05, 4.69) is 20.2 Å². The van der Waals surface area contributed by atoms with Gasteiger partial charge in [0.2, 0.25) is 0 Å². The summed E-state index contributed by atoms with van der Waals surface area (Å²) in [5, 5.41) is 2.81. The summed E-state index contributed by atoms with van der Waals surface area (Å²) in [4.78, 5) is 23.3. The quantitative estimate of drug-likeness (QED) is 0.935. The average molecular weight is 326 g/mol. The van der Waals surface area contributed by atoms with E-state index in [1.54, 1.807) is 25.4 Å². The molecule has 0 bridgehead atoms. The van der Waals surface area contributed by atoms with Gasteiger partial charge in [-0.25, -0.2) is 9.97 Å². The van der Waals surface area contributed by atoms with Gasteiger partial charge < -0.3 is 15.0 Å². The molecule has 2 heterocycles. The fourth-order valence-electron chi connectivity index (χ4n) is 2.84. The van der Waals surface area contributed by atoms with E-state index in [1.807, 2.05) is 12.1 Å². The highest BCUT2D eigenvalue weighted by Gasteiger charge is 2.14. The molecule has 24 heavy (non-hydrogen) atoms. The van der Waals surface area contributed by atoms with E-state index < -0.39 is 0 Å². The number of nitrogens with zero attached hydrogens (tertiary/aromatic N) is 3. The number of carbonyl (C=O) groups excluding carboxylic acids is 1. The Kier molecular flexibility index (Phi) is 5.25. The van der Waals surface area contributed by atoms with Crippen LogP contribution >= 0.6 is 0 Å². The summed E-state index contributed by atoms with van der Waals surface area (Å²) in [5.74, 6) is 1.15. The Bertz CT molecular complexity index is 680. The molecular formula is C18H22N4O2. The van der Waals surface area contributed by atoms with Crippen LogP contribution in [0.2, 0.25) is 0 Å². The molecule has 2 aromatic rings. The van der Waals surface area contributed by atoms with Crippen LogP contribution in [0.1, 0.15) is 36.2 Å². The maximum absolute atomic E-state index is 12.3. The zero-order valence-corrected chi connectivity index (χ0v) is 13.9. The first-order valence-electron chi connectivity index (χ1n) is 8.29. The number of para-hydroxylation sites is 2. The standard InChI is InChI=1S/C18H22N4O2/c1-24-16-9-5-4-8-14(16)21-18(23)15-12-20-17(13-19-15)22-10-6-2-3-7-11-22/h4-5,8-9,12-13H,2-3,6-7,10-11H2,1H3,(H,21,23). The van der Waals surface area contributed by atoms with E-state index in [4.69, 9.17) is 4.74 Å². The topological polar surface area (TPSA) is 67.3 Å². The highest BCUT2D eigenvalue weighted by atomic mass is 16.5. The molecule has 126 valence electrons. The summed E-state index contributed by atoms with van der Waals surface area (Å²) in [6, 6.07) is 7.27. The zero-order valence-electron chi connectivity index (χ0n) is 13.9. The molecule has 1 aliphatic rings. The number of hydrogen-bond acceptors (Lipinski definition) is 5. The lowest BCUT2D eigenvalue weighted by atomic mass is 10.2. The lowest BCUT2D eigenvalue weighted by molar-refractivity contribution is 0.102. The highest BCUT2D eigenvalue weighted by Crippen LogP contribution is 2.23. The van der Waals surface area contributed by atoms with Gasteiger partial charge in [-0.05, 0) is 25.0 Å². The summed E-state index contributed by atoms with van der Waals surface area (Å²) in [7, 11) is 1.57. The Morgan fingerprint density at radius 3 is 2.50 bits per heavy atom. The van der Waals surface area contributed by atoms with Gasteiger partial charge in [0.05, 0.1) is 25.2 Å². The number of rotatable bonds is 4. The predicted molar refractivity (Wildman–Crippen MR) is 93.7 cm³/mol. The molecule has 0 unspecified atom stereocenters. The molecule has 1 aliphatic heterocycles. The number of nitrogens with one attached hydrogen (secondary N) is 1. The number of carbonyl (C=O) groups is 1. The van der Waals surface area contributed by atoms with E-state index in [-0.39, 0.29) is 5.91 Å². The SMILES string of the molecule is COc1ccccc1NC(=O)c1cnc(N2CCCCCC2)cn1. The van der Waals surface area contributed by atoms with E-state index in [9.17, 15) is 4.79 Å². The number of anilines is 2. The van der Waals surface area contributed by atoms with Gasteiger partial charge in [0, 0.05) is 13.1 Å². The Morgan fingerprint density at radius 2 is 1.83 bits per heavy atom. The van der Waals surface area contributed by atoms with Crippen molar-refractivity contribution in [2.24, 2.45) is 0 Å². The monoisotopic (exact) mass is 326 g/mol. The molecular weight excluding hydrogens is 304 g/mol. The van der Waals surface area contributed by atoms with Crippen LogP contribution in [0.15, 0.2) is 36.7 Å². The maximum Gasteiger partial charge on any atom is 0.275 e. The molecule has 0 aliphatic carbocycles. The average Bonchev–Trinajstić information content (AvgIpc) is 2.92. The van der Waals surface area contributed by atoms with Crippen LogP contribution < -0.4 is 15.0 Å². The van der Waals surface area contributed by atoms with Gasteiger partial charge >= 0.3 is 0 Å². The van der Waals surface area contributed by atoms with Gasteiger partial charge in [-0.15, -0.1) is 0 Å². The third-order valence-electron chi connectivity index (χ3n) is 4.16. The summed E-state index contributed by atoms with van der Waals surface area (Å²) in [6.07, 6.45) is 8.11. The Labute approximate surface area is 141 Å². The van der Waals surface area contributed by atoms with Crippen molar-refractivity contribution < 1.29 is 9.53 Å². The molecule has 6 nitrogen and oxygen atoms in total. The number of aromatic nitrogens is 2. The molecule has 1 fully saturated rings. The molecule has 0 atom stereocenters. The van der Waals surface area contributed by atoms with Crippen LogP contribution in [0, 0.1) is 0 Å². The Balaban J connectivity index is 1.69. The summed E-state index contributed by atoms with van der Waals surface area (Å²) in [5.41, 5.74) is 0.905. The molecule has 0 radical (unpaired) electrons. The maximum atomic E-state index is 12.3. The van der Waals surface area contributed by atoms with Crippen molar-refractivity contribution in [3.05, 3.63) is 42.4 Å². The van der Waals surface area contributed by atoms with Crippen molar-refractivity contribution in [2.45, 2.75) is 25.7 Å². The highest BCUT2D eigenvalue weighted by molar-refractivity contribution is 6.03. The number of ether oxygens (including phenoxy) is 1. The second-order valence-electron chi connectivity index (χ2n) is 5.82. The van der Waals surface area contributed by atoms with Crippen molar-refractivity contribution in [2.75, 3.05) is 30.4 Å². The van der Waals surface area contributed by atoms with Crippen LogP contribution in [0.5, 0.6) is 5.75 Å². The molecule has 1 aromatic carbocycles.